The van der Waals surface area contributed by atoms with Gasteiger partial charge in [0.2, 0.25) is 0 Å². The molecule has 1 aromatic heterocycles. The van der Waals surface area contributed by atoms with Gasteiger partial charge < -0.3 is 24.9 Å². The number of furan rings is 1. The Morgan fingerprint density at radius 1 is 1.32 bits per heavy atom. The molecule has 2 rings (SSSR count). The predicted molar refractivity (Wildman–Crippen MR) is 83.0 cm³/mol. The molecule has 0 saturated heterocycles. The smallest absolute Gasteiger partial charge is 0.319 e. The van der Waals surface area contributed by atoms with Gasteiger partial charge >= 0.3 is 6.03 Å². The highest BCUT2D eigenvalue weighted by molar-refractivity contribution is 5.89. The van der Waals surface area contributed by atoms with Crippen LogP contribution in [0.4, 0.5) is 10.5 Å². The second kappa shape index (κ2) is 8.09. The third-order valence-corrected chi connectivity index (χ3v) is 3.23. The van der Waals surface area contributed by atoms with E-state index in [1.54, 1.807) is 43.7 Å². The van der Waals surface area contributed by atoms with E-state index >= 15 is 0 Å². The van der Waals surface area contributed by atoms with Crippen LogP contribution in [0.1, 0.15) is 5.76 Å². The largest absolute Gasteiger partial charge is 0.497 e. The third kappa shape index (κ3) is 4.82. The highest BCUT2D eigenvalue weighted by Gasteiger charge is 2.12. The van der Waals surface area contributed by atoms with Crippen molar-refractivity contribution in [3.63, 3.8) is 0 Å². The van der Waals surface area contributed by atoms with Crippen molar-refractivity contribution < 1.29 is 19.1 Å². The van der Waals surface area contributed by atoms with Crippen LogP contribution in [0.25, 0.3) is 0 Å². The molecule has 1 atom stereocenters. The molecule has 0 aliphatic rings. The first kappa shape index (κ1) is 15.9. The highest BCUT2D eigenvalue weighted by Crippen LogP contribution is 2.14. The van der Waals surface area contributed by atoms with Crippen molar-refractivity contribution in [1.29, 1.82) is 0 Å². The molecule has 0 aliphatic heterocycles. The zero-order chi connectivity index (χ0) is 15.8. The molecule has 0 fully saturated rings. The molecule has 3 N–H and O–H groups in total. The minimum atomic E-state index is -0.317. The van der Waals surface area contributed by atoms with Crippen LogP contribution in [0, 0.1) is 5.92 Å². The quantitative estimate of drug-likeness (QED) is 0.732. The molecule has 1 aromatic carbocycles. The number of nitrogens with one attached hydrogen (secondary N) is 2. The molecule has 0 saturated carbocycles. The first-order valence-corrected chi connectivity index (χ1v) is 7.03. The van der Waals surface area contributed by atoms with Gasteiger partial charge in [0, 0.05) is 31.2 Å². The van der Waals surface area contributed by atoms with E-state index in [4.69, 9.17) is 9.15 Å². The molecule has 2 aromatic rings. The van der Waals surface area contributed by atoms with Crippen molar-refractivity contribution >= 4 is 11.7 Å². The van der Waals surface area contributed by atoms with E-state index in [0.717, 1.165) is 11.5 Å². The van der Waals surface area contributed by atoms with Gasteiger partial charge in [0.15, 0.2) is 0 Å². The Labute approximate surface area is 129 Å². The van der Waals surface area contributed by atoms with Gasteiger partial charge in [-0.25, -0.2) is 4.79 Å². The molecule has 1 heterocycles. The van der Waals surface area contributed by atoms with Gasteiger partial charge in [0.1, 0.15) is 11.5 Å². The predicted octanol–water partition coefficient (Wildman–Crippen LogP) is 2.26. The van der Waals surface area contributed by atoms with E-state index in [0.29, 0.717) is 18.7 Å². The van der Waals surface area contributed by atoms with E-state index in [1.165, 1.54) is 0 Å². The molecule has 0 bridgehead atoms. The molecule has 22 heavy (non-hydrogen) atoms. The molecule has 2 amide bonds. The van der Waals surface area contributed by atoms with E-state index < -0.39 is 0 Å². The standard InChI is InChI=1S/C16H20N2O4/c1-21-14-6-4-13(5-7-14)18-16(20)17-10-12(11-19)9-15-3-2-8-22-15/h2-8,12,19H,9-11H2,1H3,(H2,17,18,20)/t12-/m0/s1. The van der Waals surface area contributed by atoms with Crippen LogP contribution in [-0.2, 0) is 6.42 Å². The average Bonchev–Trinajstić information content (AvgIpc) is 3.05. The lowest BCUT2D eigenvalue weighted by Gasteiger charge is -2.14. The van der Waals surface area contributed by atoms with Crippen molar-refractivity contribution in [2.24, 2.45) is 5.92 Å². The SMILES string of the molecule is COc1ccc(NC(=O)NC[C@@H](CO)Cc2ccco2)cc1. The fourth-order valence-corrected chi connectivity index (χ4v) is 2.00. The number of hydrogen-bond acceptors (Lipinski definition) is 4. The Morgan fingerprint density at radius 3 is 2.68 bits per heavy atom. The number of amides is 2. The Kier molecular flexibility index (Phi) is 5.85. The van der Waals surface area contributed by atoms with Crippen LogP contribution in [-0.4, -0.2) is 31.4 Å². The third-order valence-electron chi connectivity index (χ3n) is 3.23. The lowest BCUT2D eigenvalue weighted by atomic mass is 10.1. The molecular formula is C16H20N2O4. The van der Waals surface area contributed by atoms with Gasteiger partial charge in [0.05, 0.1) is 13.4 Å². The zero-order valence-electron chi connectivity index (χ0n) is 12.4. The van der Waals surface area contributed by atoms with E-state index in [-0.39, 0.29) is 18.6 Å². The number of carbonyl (C=O) groups excluding carboxylic acids is 1. The van der Waals surface area contributed by atoms with Crippen LogP contribution in [0.5, 0.6) is 5.75 Å². The summed E-state index contributed by atoms with van der Waals surface area (Å²) in [5, 5.41) is 14.8. The molecule has 6 heteroatoms. The van der Waals surface area contributed by atoms with Gasteiger partial charge in [0.25, 0.3) is 0 Å². The maximum Gasteiger partial charge on any atom is 0.319 e. The number of anilines is 1. The number of methoxy groups -OCH3 is 1. The maximum absolute atomic E-state index is 11.8. The van der Waals surface area contributed by atoms with Crippen molar-refractivity contribution in [3.05, 3.63) is 48.4 Å². The molecule has 0 unspecified atom stereocenters. The van der Waals surface area contributed by atoms with Crippen LogP contribution < -0.4 is 15.4 Å². The number of aliphatic hydroxyl groups excluding tert-OH is 1. The number of carbonyl (C=O) groups is 1. The Balaban J connectivity index is 1.78. The first-order valence-electron chi connectivity index (χ1n) is 7.03. The molecule has 6 nitrogen and oxygen atoms in total. The van der Waals surface area contributed by atoms with Crippen LogP contribution in [0.15, 0.2) is 47.1 Å². The van der Waals surface area contributed by atoms with Crippen molar-refractivity contribution in [2.45, 2.75) is 6.42 Å². The van der Waals surface area contributed by atoms with Gasteiger partial charge in [-0.1, -0.05) is 0 Å². The normalized spacial score (nSPS) is 11.7. The van der Waals surface area contributed by atoms with Gasteiger partial charge in [-0.3, -0.25) is 0 Å². The lowest BCUT2D eigenvalue weighted by molar-refractivity contribution is 0.213. The van der Waals surface area contributed by atoms with Crippen molar-refractivity contribution in [1.82, 2.24) is 5.32 Å². The molecule has 0 aliphatic carbocycles. The summed E-state index contributed by atoms with van der Waals surface area (Å²) in [5.41, 5.74) is 0.671. The Hall–Kier alpha value is -2.47. The second-order valence-electron chi connectivity index (χ2n) is 4.90. The van der Waals surface area contributed by atoms with Crippen LogP contribution in [0.3, 0.4) is 0 Å². The van der Waals surface area contributed by atoms with Gasteiger partial charge in [-0.2, -0.15) is 0 Å². The minimum Gasteiger partial charge on any atom is -0.497 e. The van der Waals surface area contributed by atoms with Gasteiger partial charge in [-0.15, -0.1) is 0 Å². The molecular weight excluding hydrogens is 284 g/mol. The number of ether oxygens (including phenoxy) is 1. The second-order valence-corrected chi connectivity index (χ2v) is 4.90. The van der Waals surface area contributed by atoms with Crippen LogP contribution in [0.2, 0.25) is 0 Å². The minimum absolute atomic E-state index is 0.0243. The Morgan fingerprint density at radius 2 is 2.09 bits per heavy atom. The highest BCUT2D eigenvalue weighted by atomic mass is 16.5. The number of benzene rings is 1. The average molecular weight is 304 g/mol. The summed E-state index contributed by atoms with van der Waals surface area (Å²) < 4.78 is 10.3. The summed E-state index contributed by atoms with van der Waals surface area (Å²) in [7, 11) is 1.59. The summed E-state index contributed by atoms with van der Waals surface area (Å²) in [6.07, 6.45) is 2.17. The monoisotopic (exact) mass is 304 g/mol. The summed E-state index contributed by atoms with van der Waals surface area (Å²) in [6.45, 7) is 0.336. The fraction of sp³-hybridized carbons (Fsp3) is 0.312. The maximum atomic E-state index is 11.8. The number of aliphatic hydroxyl groups is 1. The van der Waals surface area contributed by atoms with E-state index in [1.807, 2.05) is 6.07 Å². The molecule has 118 valence electrons. The zero-order valence-corrected chi connectivity index (χ0v) is 12.4. The van der Waals surface area contributed by atoms with E-state index in [2.05, 4.69) is 10.6 Å². The number of rotatable bonds is 7. The van der Waals surface area contributed by atoms with Crippen molar-refractivity contribution in [3.8, 4) is 5.75 Å². The van der Waals surface area contributed by atoms with E-state index in [9.17, 15) is 9.90 Å². The summed E-state index contributed by atoms with van der Waals surface area (Å²) in [4.78, 5) is 11.8. The lowest BCUT2D eigenvalue weighted by Crippen LogP contribution is -2.34. The number of hydrogen-bond donors (Lipinski definition) is 3. The molecule has 0 spiro atoms. The topological polar surface area (TPSA) is 83.7 Å². The Bertz CT molecular complexity index is 566. The first-order chi connectivity index (χ1) is 10.7. The fourth-order valence-electron chi connectivity index (χ4n) is 2.00. The summed E-state index contributed by atoms with van der Waals surface area (Å²) in [5.74, 6) is 1.42. The molecule has 0 radical (unpaired) electrons. The summed E-state index contributed by atoms with van der Waals surface area (Å²) in [6, 6.07) is 10.4. The number of urea groups is 1. The summed E-state index contributed by atoms with van der Waals surface area (Å²) >= 11 is 0. The van der Waals surface area contributed by atoms with Crippen LogP contribution >= 0.6 is 0 Å². The van der Waals surface area contributed by atoms with Gasteiger partial charge in [-0.05, 0) is 36.4 Å². The van der Waals surface area contributed by atoms with Crippen molar-refractivity contribution in [2.75, 3.05) is 25.6 Å².